The molecule has 5 heteroatoms. The molecule has 2 fully saturated rings. The molecule has 1 aromatic rings. The van der Waals surface area contributed by atoms with Gasteiger partial charge in [-0.15, -0.1) is 0 Å². The SMILES string of the molecule is CC1(C)[C@@H]2OCC[C@H]2[C@@H]1OC(=O)c1cccc(Cl)c1F. The van der Waals surface area contributed by atoms with Crippen molar-refractivity contribution in [3.05, 3.63) is 34.6 Å². The number of carbonyl (C=O) groups excluding carboxylic acids is 1. The van der Waals surface area contributed by atoms with E-state index in [0.29, 0.717) is 6.61 Å². The summed E-state index contributed by atoms with van der Waals surface area (Å²) in [7, 11) is 0. The van der Waals surface area contributed by atoms with Gasteiger partial charge in [0.15, 0.2) is 5.82 Å². The first-order chi connectivity index (χ1) is 9.43. The van der Waals surface area contributed by atoms with Crippen LogP contribution in [-0.4, -0.2) is 24.8 Å². The van der Waals surface area contributed by atoms with Crippen LogP contribution in [0, 0.1) is 17.2 Å². The third-order valence-corrected chi connectivity index (χ3v) is 4.69. The number of ether oxygens (including phenoxy) is 2. The van der Waals surface area contributed by atoms with Crippen molar-refractivity contribution < 1.29 is 18.7 Å². The lowest BCUT2D eigenvalue weighted by Gasteiger charge is -2.53. The number of halogens is 2. The smallest absolute Gasteiger partial charge is 0.341 e. The molecule has 1 aliphatic heterocycles. The van der Waals surface area contributed by atoms with E-state index in [2.05, 4.69) is 0 Å². The Morgan fingerprint density at radius 3 is 3.00 bits per heavy atom. The summed E-state index contributed by atoms with van der Waals surface area (Å²) in [4.78, 5) is 12.1. The molecule has 1 saturated heterocycles. The molecule has 20 heavy (non-hydrogen) atoms. The summed E-state index contributed by atoms with van der Waals surface area (Å²) in [5, 5.41) is -0.0746. The van der Waals surface area contributed by atoms with Crippen LogP contribution in [0.5, 0.6) is 0 Å². The Kier molecular flexibility index (Phi) is 3.26. The van der Waals surface area contributed by atoms with E-state index in [1.165, 1.54) is 18.2 Å². The molecule has 0 spiro atoms. The lowest BCUT2D eigenvalue weighted by molar-refractivity contribution is -0.183. The van der Waals surface area contributed by atoms with Crippen molar-refractivity contribution in [2.75, 3.05) is 6.61 Å². The second-order valence-electron chi connectivity index (χ2n) is 5.99. The fraction of sp³-hybridized carbons (Fsp3) is 0.533. The van der Waals surface area contributed by atoms with Gasteiger partial charge in [-0.25, -0.2) is 9.18 Å². The molecule has 1 saturated carbocycles. The maximum atomic E-state index is 13.8. The van der Waals surface area contributed by atoms with E-state index in [4.69, 9.17) is 21.1 Å². The fourth-order valence-electron chi connectivity index (χ4n) is 3.36. The number of hydrogen-bond acceptors (Lipinski definition) is 3. The minimum Gasteiger partial charge on any atom is -0.458 e. The van der Waals surface area contributed by atoms with Crippen molar-refractivity contribution in [1.29, 1.82) is 0 Å². The van der Waals surface area contributed by atoms with Crippen molar-refractivity contribution in [1.82, 2.24) is 0 Å². The van der Waals surface area contributed by atoms with Crippen LogP contribution in [0.15, 0.2) is 18.2 Å². The van der Waals surface area contributed by atoms with Crippen molar-refractivity contribution in [3.8, 4) is 0 Å². The molecule has 0 aromatic heterocycles. The molecule has 108 valence electrons. The Morgan fingerprint density at radius 1 is 1.50 bits per heavy atom. The summed E-state index contributed by atoms with van der Waals surface area (Å²) >= 11 is 5.68. The maximum Gasteiger partial charge on any atom is 0.341 e. The molecule has 3 nitrogen and oxygen atoms in total. The summed E-state index contributed by atoms with van der Waals surface area (Å²) in [6, 6.07) is 4.33. The van der Waals surface area contributed by atoms with Crippen LogP contribution in [0.2, 0.25) is 5.02 Å². The summed E-state index contributed by atoms with van der Waals surface area (Å²) in [5.74, 6) is -1.17. The van der Waals surface area contributed by atoms with E-state index in [-0.39, 0.29) is 34.1 Å². The molecule has 0 unspecified atom stereocenters. The molecule has 0 bridgehead atoms. The third-order valence-electron chi connectivity index (χ3n) is 4.40. The van der Waals surface area contributed by atoms with Crippen LogP contribution in [0.4, 0.5) is 4.39 Å². The highest BCUT2D eigenvalue weighted by molar-refractivity contribution is 6.31. The van der Waals surface area contributed by atoms with Gasteiger partial charge >= 0.3 is 5.97 Å². The zero-order valence-electron chi connectivity index (χ0n) is 11.4. The molecule has 0 N–H and O–H groups in total. The standard InChI is InChI=1S/C15H16ClFO3/c1-15(2)12-9(6-7-19-12)13(15)20-14(18)8-4-3-5-10(16)11(8)17/h3-5,9,12-13H,6-7H2,1-2H3/t9-,12-,13+/m1/s1. The zero-order chi connectivity index (χ0) is 14.5. The Balaban J connectivity index is 1.78. The molecule has 1 heterocycles. The van der Waals surface area contributed by atoms with Gasteiger partial charge in [-0.05, 0) is 18.6 Å². The van der Waals surface area contributed by atoms with Crippen LogP contribution in [-0.2, 0) is 9.47 Å². The molecule has 0 amide bonds. The van der Waals surface area contributed by atoms with E-state index >= 15 is 0 Å². The quantitative estimate of drug-likeness (QED) is 0.785. The number of fused-ring (bicyclic) bond motifs is 1. The second-order valence-corrected chi connectivity index (χ2v) is 6.40. The van der Waals surface area contributed by atoms with Crippen LogP contribution < -0.4 is 0 Å². The predicted octanol–water partition coefficient (Wildman–Crippen LogP) is 3.45. The molecule has 2 aliphatic rings. The van der Waals surface area contributed by atoms with Gasteiger partial charge in [0, 0.05) is 17.9 Å². The van der Waals surface area contributed by atoms with Crippen LogP contribution in [0.3, 0.4) is 0 Å². The first-order valence-electron chi connectivity index (χ1n) is 6.69. The Morgan fingerprint density at radius 2 is 2.25 bits per heavy atom. The summed E-state index contributed by atoms with van der Waals surface area (Å²) < 4.78 is 25.0. The molecular formula is C15H16ClFO3. The van der Waals surface area contributed by atoms with E-state index < -0.39 is 11.8 Å². The topological polar surface area (TPSA) is 35.5 Å². The zero-order valence-corrected chi connectivity index (χ0v) is 12.1. The number of carbonyl (C=O) groups is 1. The first kappa shape index (κ1) is 13.8. The highest BCUT2D eigenvalue weighted by Crippen LogP contribution is 2.53. The van der Waals surface area contributed by atoms with Crippen LogP contribution >= 0.6 is 11.6 Å². The van der Waals surface area contributed by atoms with Crippen molar-refractivity contribution in [2.24, 2.45) is 11.3 Å². The van der Waals surface area contributed by atoms with Gasteiger partial charge in [-0.1, -0.05) is 31.5 Å². The molecule has 1 aromatic carbocycles. The largest absolute Gasteiger partial charge is 0.458 e. The van der Waals surface area contributed by atoms with Crippen LogP contribution in [0.1, 0.15) is 30.6 Å². The van der Waals surface area contributed by atoms with Gasteiger partial charge in [0.2, 0.25) is 0 Å². The van der Waals surface area contributed by atoms with E-state index in [0.717, 1.165) is 6.42 Å². The number of benzene rings is 1. The molecule has 3 rings (SSSR count). The maximum absolute atomic E-state index is 13.8. The van der Waals surface area contributed by atoms with Gasteiger partial charge in [0.05, 0.1) is 16.7 Å². The molecule has 0 radical (unpaired) electrons. The van der Waals surface area contributed by atoms with Gasteiger partial charge in [0.25, 0.3) is 0 Å². The molecular weight excluding hydrogens is 283 g/mol. The highest BCUT2D eigenvalue weighted by Gasteiger charge is 2.61. The van der Waals surface area contributed by atoms with Gasteiger partial charge in [-0.3, -0.25) is 0 Å². The molecule has 1 aliphatic carbocycles. The lowest BCUT2D eigenvalue weighted by Crippen LogP contribution is -2.61. The van der Waals surface area contributed by atoms with Gasteiger partial charge < -0.3 is 9.47 Å². The van der Waals surface area contributed by atoms with Crippen molar-refractivity contribution >= 4 is 17.6 Å². The highest BCUT2D eigenvalue weighted by atomic mass is 35.5. The average Bonchev–Trinajstić information content (AvgIpc) is 2.86. The van der Waals surface area contributed by atoms with Gasteiger partial charge in [-0.2, -0.15) is 0 Å². The third kappa shape index (κ3) is 1.93. The fourth-order valence-corrected chi connectivity index (χ4v) is 3.53. The number of rotatable bonds is 2. The number of esters is 1. The first-order valence-corrected chi connectivity index (χ1v) is 7.07. The second kappa shape index (κ2) is 4.71. The van der Waals surface area contributed by atoms with Crippen molar-refractivity contribution in [3.63, 3.8) is 0 Å². The predicted molar refractivity (Wildman–Crippen MR) is 72.2 cm³/mol. The van der Waals surface area contributed by atoms with E-state index in [1.54, 1.807) is 0 Å². The number of hydrogen-bond donors (Lipinski definition) is 0. The van der Waals surface area contributed by atoms with Crippen molar-refractivity contribution in [2.45, 2.75) is 32.5 Å². The monoisotopic (exact) mass is 298 g/mol. The van der Waals surface area contributed by atoms with E-state index in [9.17, 15) is 9.18 Å². The normalized spacial score (nSPS) is 30.5. The Labute approximate surface area is 122 Å². The summed E-state index contributed by atoms with van der Waals surface area (Å²) in [6.07, 6.45) is 0.773. The minimum atomic E-state index is -0.726. The summed E-state index contributed by atoms with van der Waals surface area (Å²) in [6.45, 7) is 4.70. The van der Waals surface area contributed by atoms with E-state index in [1.807, 2.05) is 13.8 Å². The summed E-state index contributed by atoms with van der Waals surface area (Å²) in [5.41, 5.74) is -0.345. The molecule has 3 atom stereocenters. The van der Waals surface area contributed by atoms with Gasteiger partial charge in [0.1, 0.15) is 6.10 Å². The average molecular weight is 299 g/mol. The minimum absolute atomic E-state index is 0.0746. The Bertz CT molecular complexity index is 558. The Hall–Kier alpha value is -1.13. The lowest BCUT2D eigenvalue weighted by atomic mass is 9.59. The van der Waals surface area contributed by atoms with Crippen LogP contribution in [0.25, 0.3) is 0 Å².